The lowest BCUT2D eigenvalue weighted by molar-refractivity contribution is -0.189. The number of aromatic nitrogens is 4. The summed E-state index contributed by atoms with van der Waals surface area (Å²) in [4.78, 5) is 39.7. The van der Waals surface area contributed by atoms with Gasteiger partial charge in [0.15, 0.2) is 0 Å². The Kier molecular flexibility index (Phi) is 16.5. The standard InChI is InChI=1S/2C26H28Cl2N4O4/c2*1-19(33)31-10-12-32(13-11-31)21-3-5-22(6-4-21)34-15-23-16-35-26(36-23,17-30-9-8-29-18-30)24-7-2-20(27)14-25(24)28/h2*2-9,14,18,23H,10-13,15-17H2,1H3. The molecule has 4 atom stereocenters. The summed E-state index contributed by atoms with van der Waals surface area (Å²) in [5, 5.41) is 2.04. The molecule has 2 amide bonds. The van der Waals surface area contributed by atoms with Crippen molar-refractivity contribution in [3.63, 3.8) is 0 Å². The van der Waals surface area contributed by atoms with Crippen molar-refractivity contribution in [1.29, 1.82) is 0 Å². The number of piperazine rings is 2. The largest absolute Gasteiger partial charge is 0.491 e. The van der Waals surface area contributed by atoms with Gasteiger partial charge in [-0.25, -0.2) is 9.97 Å². The maximum Gasteiger partial charge on any atom is 0.219 e. The first-order valence-corrected chi connectivity index (χ1v) is 25.3. The molecule has 6 aromatic rings. The second-order valence-corrected chi connectivity index (χ2v) is 19.6. The Morgan fingerprint density at radius 1 is 0.569 bits per heavy atom. The van der Waals surface area contributed by atoms with Crippen LogP contribution in [-0.4, -0.2) is 132 Å². The van der Waals surface area contributed by atoms with Gasteiger partial charge in [0.2, 0.25) is 23.4 Å². The molecule has 72 heavy (non-hydrogen) atoms. The van der Waals surface area contributed by atoms with Crippen LogP contribution in [0, 0.1) is 0 Å². The van der Waals surface area contributed by atoms with Crippen molar-refractivity contribution in [3.05, 3.63) is 154 Å². The van der Waals surface area contributed by atoms with Crippen LogP contribution in [0.2, 0.25) is 20.1 Å². The van der Waals surface area contributed by atoms with Gasteiger partial charge in [0.05, 0.1) is 49.0 Å². The van der Waals surface area contributed by atoms with Gasteiger partial charge in [-0.2, -0.15) is 0 Å². The lowest BCUT2D eigenvalue weighted by Gasteiger charge is -2.35. The van der Waals surface area contributed by atoms with Gasteiger partial charge >= 0.3 is 0 Å². The Morgan fingerprint density at radius 3 is 1.29 bits per heavy atom. The zero-order valence-corrected chi connectivity index (χ0v) is 43.0. The van der Waals surface area contributed by atoms with E-state index in [0.717, 1.165) is 75.2 Å². The lowest BCUT2D eigenvalue weighted by atomic mass is 10.1. The number of anilines is 2. The molecule has 0 saturated carbocycles. The van der Waals surface area contributed by atoms with Crippen molar-refractivity contribution in [2.45, 2.75) is 50.7 Å². The Labute approximate surface area is 438 Å². The zero-order chi connectivity index (χ0) is 50.2. The predicted molar refractivity (Wildman–Crippen MR) is 275 cm³/mol. The number of nitrogens with zero attached hydrogens (tertiary/aromatic N) is 8. The van der Waals surface area contributed by atoms with Crippen LogP contribution >= 0.6 is 46.4 Å². The fourth-order valence-corrected chi connectivity index (χ4v) is 10.3. The van der Waals surface area contributed by atoms with E-state index in [2.05, 4.69) is 19.8 Å². The molecule has 4 aliphatic heterocycles. The van der Waals surface area contributed by atoms with Crippen molar-refractivity contribution < 1.29 is 38.0 Å². The van der Waals surface area contributed by atoms with Gasteiger partial charge in [0, 0.05) is 124 Å². The van der Waals surface area contributed by atoms with E-state index in [-0.39, 0.29) is 24.0 Å². The third-order valence-electron chi connectivity index (χ3n) is 13.0. The molecule has 0 aliphatic carbocycles. The number of amides is 2. The second-order valence-electron chi connectivity index (χ2n) is 17.9. The van der Waals surface area contributed by atoms with Crippen LogP contribution < -0.4 is 19.3 Å². The number of hydrogen-bond donors (Lipinski definition) is 0. The molecule has 4 aromatic carbocycles. The van der Waals surface area contributed by atoms with Crippen LogP contribution in [0.3, 0.4) is 0 Å². The van der Waals surface area contributed by atoms with E-state index in [1.165, 1.54) is 0 Å². The maximum absolute atomic E-state index is 11.6. The summed E-state index contributed by atoms with van der Waals surface area (Å²) >= 11 is 25.3. The van der Waals surface area contributed by atoms with Gasteiger partial charge in [0.25, 0.3) is 0 Å². The van der Waals surface area contributed by atoms with Crippen LogP contribution in [0.25, 0.3) is 0 Å². The Balaban J connectivity index is 0.000000178. The van der Waals surface area contributed by atoms with Crippen molar-refractivity contribution in [2.24, 2.45) is 0 Å². The molecular weight excluding hydrogens is 1010 g/mol. The van der Waals surface area contributed by atoms with E-state index in [1.807, 2.05) is 92.0 Å². The zero-order valence-electron chi connectivity index (χ0n) is 40.0. The second kappa shape index (κ2) is 23.1. The molecule has 6 heterocycles. The molecule has 0 radical (unpaired) electrons. The number of rotatable bonds is 14. The summed E-state index contributed by atoms with van der Waals surface area (Å²) in [6, 6.07) is 26.6. The first-order chi connectivity index (χ1) is 34.8. The molecule has 16 nitrogen and oxygen atoms in total. The minimum absolute atomic E-state index is 0.129. The van der Waals surface area contributed by atoms with Crippen LogP contribution in [-0.2, 0) is 53.2 Å². The third kappa shape index (κ3) is 12.4. The van der Waals surface area contributed by atoms with Gasteiger partial charge in [-0.15, -0.1) is 0 Å². The van der Waals surface area contributed by atoms with Crippen LogP contribution in [0.15, 0.2) is 122 Å². The number of carbonyl (C=O) groups is 2. The van der Waals surface area contributed by atoms with E-state index in [0.29, 0.717) is 70.7 Å². The summed E-state index contributed by atoms with van der Waals surface area (Å²) in [6.07, 6.45) is 9.96. The maximum atomic E-state index is 11.6. The van der Waals surface area contributed by atoms with Crippen molar-refractivity contribution in [3.8, 4) is 11.5 Å². The highest BCUT2D eigenvalue weighted by Crippen LogP contribution is 2.42. The quantitative estimate of drug-likeness (QED) is 0.104. The van der Waals surface area contributed by atoms with E-state index >= 15 is 0 Å². The highest BCUT2D eigenvalue weighted by Gasteiger charge is 2.47. The van der Waals surface area contributed by atoms with Gasteiger partial charge in [-0.1, -0.05) is 58.5 Å². The number of hydrogen-bond acceptors (Lipinski definition) is 12. The van der Waals surface area contributed by atoms with Crippen LogP contribution in [0.1, 0.15) is 25.0 Å². The Bertz CT molecular complexity index is 2550. The summed E-state index contributed by atoms with van der Waals surface area (Å²) in [7, 11) is 0. The van der Waals surface area contributed by atoms with E-state index in [1.54, 1.807) is 63.2 Å². The molecule has 380 valence electrons. The molecule has 4 aliphatic rings. The molecule has 4 saturated heterocycles. The van der Waals surface area contributed by atoms with Gasteiger partial charge in [0.1, 0.15) is 36.9 Å². The molecule has 0 spiro atoms. The van der Waals surface area contributed by atoms with E-state index in [4.69, 9.17) is 74.8 Å². The van der Waals surface area contributed by atoms with Crippen molar-refractivity contribution >= 4 is 69.6 Å². The van der Waals surface area contributed by atoms with E-state index < -0.39 is 11.6 Å². The summed E-state index contributed by atoms with van der Waals surface area (Å²) in [6.45, 7) is 11.6. The molecule has 0 bridgehead atoms. The van der Waals surface area contributed by atoms with Crippen LogP contribution in [0.5, 0.6) is 11.5 Å². The third-order valence-corrected chi connectivity index (χ3v) is 14.1. The lowest BCUT2D eigenvalue weighted by Crippen LogP contribution is -2.48. The molecule has 4 unspecified atom stereocenters. The highest BCUT2D eigenvalue weighted by atomic mass is 35.5. The molecule has 10 rings (SSSR count). The topological polar surface area (TPSA) is 138 Å². The van der Waals surface area contributed by atoms with Crippen molar-refractivity contribution in [1.82, 2.24) is 28.9 Å². The van der Waals surface area contributed by atoms with Gasteiger partial charge < -0.3 is 57.2 Å². The normalized spacial score (nSPS) is 22.1. The average Bonchev–Trinajstić information content (AvgIpc) is 4.24. The Morgan fingerprint density at radius 2 is 0.958 bits per heavy atom. The number of imidazole rings is 2. The fourth-order valence-electron chi connectivity index (χ4n) is 9.19. The molecule has 20 heteroatoms. The van der Waals surface area contributed by atoms with E-state index in [9.17, 15) is 9.59 Å². The summed E-state index contributed by atoms with van der Waals surface area (Å²) in [5.41, 5.74) is 3.64. The first kappa shape index (κ1) is 51.3. The first-order valence-electron chi connectivity index (χ1n) is 23.8. The van der Waals surface area contributed by atoms with Gasteiger partial charge in [-0.3, -0.25) is 9.59 Å². The fraction of sp³-hybridized carbons (Fsp3) is 0.385. The number of benzene rings is 4. The number of ether oxygens (including phenoxy) is 6. The predicted octanol–water partition coefficient (Wildman–Crippen LogP) is 8.41. The molecular formula is C52H56Cl4N8O8. The van der Waals surface area contributed by atoms with Crippen molar-refractivity contribution in [2.75, 3.05) is 88.6 Å². The molecule has 0 N–H and O–H groups in total. The Hall–Kier alpha value is -5.56. The smallest absolute Gasteiger partial charge is 0.219 e. The molecule has 4 fully saturated rings. The monoisotopic (exact) mass is 1060 g/mol. The number of carbonyl (C=O) groups excluding carboxylic acids is 2. The summed E-state index contributed by atoms with van der Waals surface area (Å²) < 4.78 is 41.2. The highest BCUT2D eigenvalue weighted by molar-refractivity contribution is 6.35. The number of halogens is 4. The van der Waals surface area contributed by atoms with Gasteiger partial charge in [-0.05, 0) is 72.8 Å². The minimum Gasteiger partial charge on any atom is -0.491 e. The van der Waals surface area contributed by atoms with Crippen LogP contribution in [0.4, 0.5) is 11.4 Å². The minimum atomic E-state index is -1.08. The molecule has 2 aromatic heterocycles. The SMILES string of the molecule is CC(=O)N1CCN(c2ccc(OCC3COC(Cn4ccnc4)(c4ccc(Cl)cc4Cl)O3)cc2)CC1.CC(=O)N1CCN(c2ccc(OCC3COC(Cn4ccnc4)(c4ccc(Cl)cc4Cl)O3)cc2)CC1. The summed E-state index contributed by atoms with van der Waals surface area (Å²) in [5.74, 6) is -0.402. The average molecular weight is 1060 g/mol.